The van der Waals surface area contributed by atoms with E-state index in [9.17, 15) is 4.79 Å². The van der Waals surface area contributed by atoms with Gasteiger partial charge in [0.2, 0.25) is 11.8 Å². The lowest BCUT2D eigenvalue weighted by molar-refractivity contribution is -0.135. The molecule has 0 fully saturated rings. The van der Waals surface area contributed by atoms with Crippen LogP contribution in [0.15, 0.2) is 29.0 Å². The SMILES string of the molecule is Cc1noc(CN(C)C(=O)C2CCc3sc(-c4ccncc4)nc3C2)n1. The van der Waals surface area contributed by atoms with E-state index in [0.717, 1.165) is 29.1 Å². The summed E-state index contributed by atoms with van der Waals surface area (Å²) in [6, 6.07) is 3.93. The maximum Gasteiger partial charge on any atom is 0.246 e. The van der Waals surface area contributed by atoms with E-state index in [2.05, 4.69) is 15.1 Å². The van der Waals surface area contributed by atoms with E-state index in [-0.39, 0.29) is 11.8 Å². The highest BCUT2D eigenvalue weighted by molar-refractivity contribution is 7.15. The predicted octanol–water partition coefficient (Wildman–Crippen LogP) is 2.66. The third-order valence-corrected chi connectivity index (χ3v) is 5.74. The van der Waals surface area contributed by atoms with Gasteiger partial charge in [-0.2, -0.15) is 4.98 Å². The molecule has 3 aromatic heterocycles. The van der Waals surface area contributed by atoms with Crippen LogP contribution in [0.25, 0.3) is 10.6 Å². The summed E-state index contributed by atoms with van der Waals surface area (Å²) in [5, 5.41) is 4.77. The minimum absolute atomic E-state index is 0.0519. The minimum Gasteiger partial charge on any atom is -0.337 e. The van der Waals surface area contributed by atoms with Gasteiger partial charge in [-0.05, 0) is 31.9 Å². The zero-order valence-corrected chi connectivity index (χ0v) is 15.5. The predicted molar refractivity (Wildman–Crippen MR) is 96.4 cm³/mol. The average Bonchev–Trinajstić information content (AvgIpc) is 3.27. The molecular formula is C18H19N5O2S. The minimum atomic E-state index is -0.0519. The molecule has 7 nitrogen and oxygen atoms in total. The van der Waals surface area contributed by atoms with Crippen LogP contribution < -0.4 is 0 Å². The Morgan fingerprint density at radius 1 is 1.35 bits per heavy atom. The summed E-state index contributed by atoms with van der Waals surface area (Å²) in [5.41, 5.74) is 2.12. The lowest BCUT2D eigenvalue weighted by atomic mass is 9.90. The zero-order chi connectivity index (χ0) is 18.1. The Hall–Kier alpha value is -2.61. The molecule has 1 amide bonds. The van der Waals surface area contributed by atoms with Gasteiger partial charge in [0.15, 0.2) is 5.82 Å². The maximum absolute atomic E-state index is 12.8. The van der Waals surface area contributed by atoms with Gasteiger partial charge in [-0.1, -0.05) is 5.16 Å². The molecule has 0 saturated carbocycles. The molecule has 1 aliphatic carbocycles. The molecule has 0 saturated heterocycles. The van der Waals surface area contributed by atoms with E-state index in [1.807, 2.05) is 12.1 Å². The highest BCUT2D eigenvalue weighted by atomic mass is 32.1. The van der Waals surface area contributed by atoms with Crippen molar-refractivity contribution in [1.29, 1.82) is 0 Å². The number of hydrogen-bond acceptors (Lipinski definition) is 7. The molecule has 26 heavy (non-hydrogen) atoms. The van der Waals surface area contributed by atoms with Gasteiger partial charge in [-0.25, -0.2) is 4.98 Å². The molecule has 1 atom stereocenters. The summed E-state index contributed by atoms with van der Waals surface area (Å²) >= 11 is 1.72. The Balaban J connectivity index is 1.46. The number of carbonyl (C=O) groups is 1. The second-order valence-corrected chi connectivity index (χ2v) is 7.58. The van der Waals surface area contributed by atoms with Crippen molar-refractivity contribution in [1.82, 2.24) is 25.0 Å². The number of rotatable bonds is 4. The largest absolute Gasteiger partial charge is 0.337 e. The van der Waals surface area contributed by atoms with Gasteiger partial charge in [0.05, 0.1) is 12.2 Å². The van der Waals surface area contributed by atoms with Gasteiger partial charge in [0, 0.05) is 42.2 Å². The van der Waals surface area contributed by atoms with Crippen LogP contribution in [0.5, 0.6) is 0 Å². The Kier molecular flexibility index (Phi) is 4.50. The van der Waals surface area contributed by atoms with E-state index < -0.39 is 0 Å². The number of thiazole rings is 1. The molecule has 0 aromatic carbocycles. The molecule has 1 unspecified atom stereocenters. The number of nitrogens with zero attached hydrogens (tertiary/aromatic N) is 5. The highest BCUT2D eigenvalue weighted by Crippen LogP contribution is 2.34. The Morgan fingerprint density at radius 2 is 2.15 bits per heavy atom. The molecule has 134 valence electrons. The zero-order valence-electron chi connectivity index (χ0n) is 14.7. The van der Waals surface area contributed by atoms with Crippen molar-refractivity contribution in [2.75, 3.05) is 7.05 Å². The Labute approximate surface area is 155 Å². The van der Waals surface area contributed by atoms with Crippen LogP contribution in [-0.4, -0.2) is 38.0 Å². The first-order chi connectivity index (χ1) is 12.6. The lowest BCUT2D eigenvalue weighted by Crippen LogP contribution is -2.35. The normalized spacial score (nSPS) is 16.3. The van der Waals surface area contributed by atoms with Crippen LogP contribution in [0.4, 0.5) is 0 Å². The van der Waals surface area contributed by atoms with Crippen molar-refractivity contribution in [3.63, 3.8) is 0 Å². The van der Waals surface area contributed by atoms with Crippen LogP contribution in [0, 0.1) is 12.8 Å². The standard InChI is InChI=1S/C18H19N5O2S/c1-11-20-16(25-22-11)10-23(2)18(24)13-3-4-15-14(9-13)21-17(26-15)12-5-7-19-8-6-12/h5-8,13H,3-4,9-10H2,1-2H3. The van der Waals surface area contributed by atoms with Gasteiger partial charge in [-0.3, -0.25) is 9.78 Å². The lowest BCUT2D eigenvalue weighted by Gasteiger charge is -2.25. The smallest absolute Gasteiger partial charge is 0.246 e. The molecule has 0 spiro atoms. The molecule has 0 aliphatic heterocycles. The molecule has 1 aliphatic rings. The van der Waals surface area contributed by atoms with Crippen LogP contribution >= 0.6 is 11.3 Å². The number of aryl methyl sites for hydroxylation is 2. The Bertz CT molecular complexity index is 921. The first-order valence-corrected chi connectivity index (χ1v) is 9.35. The summed E-state index contributed by atoms with van der Waals surface area (Å²) in [7, 11) is 1.78. The van der Waals surface area contributed by atoms with Crippen LogP contribution in [0.2, 0.25) is 0 Å². The van der Waals surface area contributed by atoms with Crippen molar-refractivity contribution >= 4 is 17.2 Å². The monoisotopic (exact) mass is 369 g/mol. The topological polar surface area (TPSA) is 85.0 Å². The molecule has 4 rings (SSSR count). The van der Waals surface area contributed by atoms with Crippen molar-refractivity contribution in [3.8, 4) is 10.6 Å². The van der Waals surface area contributed by atoms with Crippen molar-refractivity contribution in [2.45, 2.75) is 32.7 Å². The third-order valence-electron chi connectivity index (χ3n) is 4.53. The molecular weight excluding hydrogens is 350 g/mol. The van der Waals surface area contributed by atoms with E-state index in [4.69, 9.17) is 9.51 Å². The summed E-state index contributed by atoms with van der Waals surface area (Å²) in [4.78, 5) is 28.7. The summed E-state index contributed by atoms with van der Waals surface area (Å²) < 4.78 is 5.11. The summed E-state index contributed by atoms with van der Waals surface area (Å²) in [6.45, 7) is 2.10. The quantitative estimate of drug-likeness (QED) is 0.703. The van der Waals surface area contributed by atoms with Crippen LogP contribution in [-0.2, 0) is 24.2 Å². The molecule has 3 aromatic rings. The van der Waals surface area contributed by atoms with E-state index in [0.29, 0.717) is 24.7 Å². The molecule has 0 radical (unpaired) electrons. The fourth-order valence-electron chi connectivity index (χ4n) is 3.20. The number of pyridine rings is 1. The van der Waals surface area contributed by atoms with E-state index in [1.165, 1.54) is 4.88 Å². The van der Waals surface area contributed by atoms with Gasteiger partial charge >= 0.3 is 0 Å². The van der Waals surface area contributed by atoms with Crippen LogP contribution in [0.1, 0.15) is 28.7 Å². The van der Waals surface area contributed by atoms with Gasteiger partial charge in [-0.15, -0.1) is 11.3 Å². The third kappa shape index (κ3) is 3.37. The van der Waals surface area contributed by atoms with Gasteiger partial charge in [0.25, 0.3) is 0 Å². The van der Waals surface area contributed by atoms with E-state index >= 15 is 0 Å². The fourth-order valence-corrected chi connectivity index (χ4v) is 4.31. The number of fused-ring (bicyclic) bond motifs is 1. The summed E-state index contributed by atoms with van der Waals surface area (Å²) in [6.07, 6.45) is 5.97. The Morgan fingerprint density at radius 3 is 2.88 bits per heavy atom. The van der Waals surface area contributed by atoms with Gasteiger partial charge < -0.3 is 9.42 Å². The van der Waals surface area contributed by atoms with Crippen LogP contribution in [0.3, 0.4) is 0 Å². The second-order valence-electron chi connectivity index (χ2n) is 6.49. The number of hydrogen-bond donors (Lipinski definition) is 0. The number of carbonyl (C=O) groups excluding carboxylic acids is 1. The summed E-state index contributed by atoms with van der Waals surface area (Å²) in [5.74, 6) is 1.09. The van der Waals surface area contributed by atoms with Crippen molar-refractivity contribution in [2.24, 2.45) is 5.92 Å². The van der Waals surface area contributed by atoms with Gasteiger partial charge in [0.1, 0.15) is 5.01 Å². The average molecular weight is 369 g/mol. The number of amides is 1. The fraction of sp³-hybridized carbons (Fsp3) is 0.389. The van der Waals surface area contributed by atoms with Crippen molar-refractivity contribution in [3.05, 3.63) is 46.8 Å². The highest BCUT2D eigenvalue weighted by Gasteiger charge is 2.30. The number of aromatic nitrogens is 4. The first kappa shape index (κ1) is 16.8. The molecule has 3 heterocycles. The first-order valence-electron chi connectivity index (χ1n) is 8.53. The van der Waals surface area contributed by atoms with Crippen molar-refractivity contribution < 1.29 is 9.32 Å². The van der Waals surface area contributed by atoms with E-state index in [1.54, 1.807) is 42.6 Å². The molecule has 8 heteroatoms. The molecule has 0 bridgehead atoms. The second kappa shape index (κ2) is 6.95. The molecule has 0 N–H and O–H groups in total. The maximum atomic E-state index is 12.8.